The maximum Gasteiger partial charge on any atom is 0.331 e. The fraction of sp³-hybridized carbons (Fsp3) is 0.615. The van der Waals surface area contributed by atoms with Crippen LogP contribution < -0.4 is 9.64 Å². The first-order valence-electron chi connectivity index (χ1n) is 6.66. The van der Waals surface area contributed by atoms with Crippen molar-refractivity contribution in [2.24, 2.45) is 5.41 Å². The van der Waals surface area contributed by atoms with Crippen molar-refractivity contribution in [2.45, 2.75) is 12.8 Å². The molecule has 0 radical (unpaired) electrons. The third kappa shape index (κ3) is 2.18. The van der Waals surface area contributed by atoms with Crippen molar-refractivity contribution >= 4 is 11.5 Å². The second-order valence-corrected chi connectivity index (χ2v) is 5.43. The molecule has 2 saturated heterocycles. The van der Waals surface area contributed by atoms with E-state index in [1.807, 2.05) is 0 Å². The maximum atomic E-state index is 10.9. The summed E-state index contributed by atoms with van der Waals surface area (Å²) in [6, 6.07) is 3.15. The number of pyridine rings is 1. The third-order valence-electron chi connectivity index (χ3n) is 4.16. The molecule has 0 bridgehead atoms. The van der Waals surface area contributed by atoms with E-state index in [1.165, 1.54) is 13.2 Å². The minimum absolute atomic E-state index is 0.0659. The molecule has 0 amide bonds. The molecule has 3 heterocycles. The molecular weight excluding hydrogens is 262 g/mol. The number of hydrogen-bond donors (Lipinski definition) is 0. The Hall–Kier alpha value is -1.89. The minimum Gasteiger partial charge on any atom is -0.476 e. The Morgan fingerprint density at radius 2 is 2.35 bits per heavy atom. The van der Waals surface area contributed by atoms with E-state index in [-0.39, 0.29) is 17.0 Å². The Kier molecular flexibility index (Phi) is 3.21. The van der Waals surface area contributed by atoms with Gasteiger partial charge in [0.15, 0.2) is 0 Å². The van der Waals surface area contributed by atoms with Gasteiger partial charge >= 0.3 is 5.69 Å². The average Bonchev–Trinajstić information content (AvgIpc) is 3.09. The first-order valence-corrected chi connectivity index (χ1v) is 6.66. The molecule has 20 heavy (non-hydrogen) atoms. The highest BCUT2D eigenvalue weighted by atomic mass is 16.6. The number of methoxy groups -OCH3 is 1. The monoisotopic (exact) mass is 279 g/mol. The summed E-state index contributed by atoms with van der Waals surface area (Å²) < 4.78 is 10.5. The summed E-state index contributed by atoms with van der Waals surface area (Å²) in [4.78, 5) is 16.8. The molecule has 2 aliphatic rings. The second-order valence-electron chi connectivity index (χ2n) is 5.43. The number of hydrogen-bond acceptors (Lipinski definition) is 6. The van der Waals surface area contributed by atoms with E-state index in [0.29, 0.717) is 0 Å². The van der Waals surface area contributed by atoms with Gasteiger partial charge in [-0.1, -0.05) is 0 Å². The van der Waals surface area contributed by atoms with Crippen LogP contribution in [0.3, 0.4) is 0 Å². The van der Waals surface area contributed by atoms with E-state index < -0.39 is 4.92 Å². The molecule has 1 atom stereocenters. The summed E-state index contributed by atoms with van der Waals surface area (Å²) in [7, 11) is 1.40. The van der Waals surface area contributed by atoms with Crippen LogP contribution >= 0.6 is 0 Å². The predicted octanol–water partition coefficient (Wildman–Crippen LogP) is 1.62. The molecule has 0 N–H and O–H groups in total. The molecule has 1 spiro atoms. The summed E-state index contributed by atoms with van der Waals surface area (Å²) in [5.74, 6) is 0.798. The molecule has 1 aromatic rings. The second kappa shape index (κ2) is 4.90. The van der Waals surface area contributed by atoms with Gasteiger partial charge in [-0.3, -0.25) is 10.1 Å². The molecular formula is C13H17N3O4. The molecule has 1 aromatic heterocycles. The quantitative estimate of drug-likeness (QED) is 0.618. The lowest BCUT2D eigenvalue weighted by Gasteiger charge is -2.22. The zero-order chi connectivity index (χ0) is 14.2. The lowest BCUT2D eigenvalue weighted by Crippen LogP contribution is -2.27. The van der Waals surface area contributed by atoms with Gasteiger partial charge in [0.2, 0.25) is 0 Å². The lowest BCUT2D eigenvalue weighted by molar-refractivity contribution is -0.386. The number of nitro groups is 1. The molecule has 2 fully saturated rings. The maximum absolute atomic E-state index is 10.9. The van der Waals surface area contributed by atoms with E-state index in [9.17, 15) is 10.1 Å². The smallest absolute Gasteiger partial charge is 0.331 e. The summed E-state index contributed by atoms with van der Waals surface area (Å²) in [5.41, 5.74) is 0.130. The number of ether oxygens (including phenoxy) is 2. The molecule has 108 valence electrons. The SMILES string of the molecule is COc1nc(N2CCC3(CCOC3)C2)ccc1[N+](=O)[O-]. The number of nitrogens with zero attached hydrogens (tertiary/aromatic N) is 3. The van der Waals surface area contributed by atoms with Crippen molar-refractivity contribution in [1.29, 1.82) is 0 Å². The summed E-state index contributed by atoms with van der Waals surface area (Å²) in [6.45, 7) is 3.41. The van der Waals surface area contributed by atoms with Crippen LogP contribution in [0.4, 0.5) is 11.5 Å². The topological polar surface area (TPSA) is 77.7 Å². The normalized spacial score (nSPS) is 25.4. The van der Waals surface area contributed by atoms with Crippen molar-refractivity contribution < 1.29 is 14.4 Å². The van der Waals surface area contributed by atoms with Gasteiger partial charge in [0, 0.05) is 31.2 Å². The summed E-state index contributed by atoms with van der Waals surface area (Å²) in [5, 5.41) is 10.9. The molecule has 1 unspecified atom stereocenters. The number of anilines is 1. The highest BCUT2D eigenvalue weighted by Crippen LogP contribution is 2.40. The van der Waals surface area contributed by atoms with Gasteiger partial charge in [0.1, 0.15) is 5.82 Å². The van der Waals surface area contributed by atoms with E-state index in [0.717, 1.165) is 45.0 Å². The van der Waals surface area contributed by atoms with Crippen LogP contribution in [-0.4, -0.2) is 43.3 Å². The van der Waals surface area contributed by atoms with Gasteiger partial charge in [-0.25, -0.2) is 0 Å². The zero-order valence-electron chi connectivity index (χ0n) is 11.4. The Morgan fingerprint density at radius 1 is 1.50 bits per heavy atom. The third-order valence-corrected chi connectivity index (χ3v) is 4.16. The standard InChI is InChI=1S/C13H17N3O4/c1-19-12-10(16(17)18)2-3-11(14-12)15-6-4-13(8-15)5-7-20-9-13/h2-3H,4-9H2,1H3. The van der Waals surface area contributed by atoms with Gasteiger partial charge in [-0.05, 0) is 18.9 Å². The van der Waals surface area contributed by atoms with Crippen LogP contribution in [0.5, 0.6) is 5.88 Å². The summed E-state index contributed by atoms with van der Waals surface area (Å²) >= 11 is 0. The highest BCUT2D eigenvalue weighted by molar-refractivity contribution is 5.51. The lowest BCUT2D eigenvalue weighted by atomic mass is 9.87. The number of rotatable bonds is 3. The van der Waals surface area contributed by atoms with Crippen LogP contribution in [0, 0.1) is 15.5 Å². The highest BCUT2D eigenvalue weighted by Gasteiger charge is 2.41. The van der Waals surface area contributed by atoms with Crippen LogP contribution in [0.15, 0.2) is 12.1 Å². The fourth-order valence-corrected chi connectivity index (χ4v) is 2.99. The van der Waals surface area contributed by atoms with E-state index >= 15 is 0 Å². The van der Waals surface area contributed by atoms with Gasteiger partial charge in [0.25, 0.3) is 5.88 Å². The van der Waals surface area contributed by atoms with Crippen LogP contribution in [0.2, 0.25) is 0 Å². The predicted molar refractivity (Wildman–Crippen MR) is 72.1 cm³/mol. The molecule has 2 aliphatic heterocycles. The molecule has 0 aliphatic carbocycles. The average molecular weight is 279 g/mol. The first-order chi connectivity index (χ1) is 9.63. The Balaban J connectivity index is 1.83. The van der Waals surface area contributed by atoms with Crippen LogP contribution in [-0.2, 0) is 4.74 Å². The van der Waals surface area contributed by atoms with Crippen molar-refractivity contribution in [3.8, 4) is 5.88 Å². The zero-order valence-corrected chi connectivity index (χ0v) is 11.4. The molecule has 3 rings (SSSR count). The van der Waals surface area contributed by atoms with Gasteiger partial charge in [-0.15, -0.1) is 0 Å². The van der Waals surface area contributed by atoms with Crippen molar-refractivity contribution in [3.05, 3.63) is 22.2 Å². The van der Waals surface area contributed by atoms with Crippen LogP contribution in [0.25, 0.3) is 0 Å². The molecule has 0 saturated carbocycles. The van der Waals surface area contributed by atoms with E-state index in [2.05, 4.69) is 9.88 Å². The first kappa shape index (κ1) is 13.1. The van der Waals surface area contributed by atoms with Crippen molar-refractivity contribution in [2.75, 3.05) is 38.3 Å². The van der Waals surface area contributed by atoms with E-state index in [4.69, 9.17) is 9.47 Å². The van der Waals surface area contributed by atoms with Crippen molar-refractivity contribution in [1.82, 2.24) is 4.98 Å². The fourth-order valence-electron chi connectivity index (χ4n) is 2.99. The van der Waals surface area contributed by atoms with Crippen molar-refractivity contribution in [3.63, 3.8) is 0 Å². The van der Waals surface area contributed by atoms with E-state index in [1.54, 1.807) is 6.07 Å². The van der Waals surface area contributed by atoms with Gasteiger partial charge in [0.05, 0.1) is 18.6 Å². The Bertz CT molecular complexity index is 528. The Labute approximate surface area is 116 Å². The van der Waals surface area contributed by atoms with Gasteiger partial charge in [-0.2, -0.15) is 4.98 Å². The Morgan fingerprint density at radius 3 is 3.00 bits per heavy atom. The summed E-state index contributed by atoms with van der Waals surface area (Å²) in [6.07, 6.45) is 2.15. The molecule has 7 nitrogen and oxygen atoms in total. The molecule has 0 aromatic carbocycles. The van der Waals surface area contributed by atoms with Crippen LogP contribution in [0.1, 0.15) is 12.8 Å². The number of aromatic nitrogens is 1. The largest absolute Gasteiger partial charge is 0.476 e. The molecule has 7 heteroatoms. The minimum atomic E-state index is -0.480. The van der Waals surface area contributed by atoms with Gasteiger partial charge < -0.3 is 14.4 Å².